The Kier molecular flexibility index (Phi) is 4.50. The van der Waals surface area contributed by atoms with E-state index in [1.807, 2.05) is 11.8 Å². The summed E-state index contributed by atoms with van der Waals surface area (Å²) in [6.07, 6.45) is 0. The number of piperazine rings is 1. The van der Waals surface area contributed by atoms with Gasteiger partial charge < -0.3 is 9.80 Å². The van der Waals surface area contributed by atoms with Crippen molar-refractivity contribution in [1.82, 2.24) is 9.88 Å². The highest BCUT2D eigenvalue weighted by molar-refractivity contribution is 7.16. The molecule has 5 nitrogen and oxygen atoms in total. The number of aromatic nitrogens is 1. The smallest absolute Gasteiger partial charge is 0.264 e. The van der Waals surface area contributed by atoms with E-state index in [1.54, 1.807) is 23.5 Å². The zero-order chi connectivity index (χ0) is 16.6. The monoisotopic (exact) mass is 349 g/mol. The summed E-state index contributed by atoms with van der Waals surface area (Å²) in [6, 6.07) is 3.49. The minimum Gasteiger partial charge on any atom is -0.345 e. The number of thiophene rings is 1. The molecule has 122 valence electrons. The number of hydrogen-bond acceptors (Lipinski definition) is 6. The van der Waals surface area contributed by atoms with Crippen LogP contribution in [0.25, 0.3) is 0 Å². The Morgan fingerprint density at radius 1 is 1.04 bits per heavy atom. The lowest BCUT2D eigenvalue weighted by Crippen LogP contribution is -2.48. The molecule has 2 aromatic rings. The average molecular weight is 349 g/mol. The minimum atomic E-state index is 0.00776. The van der Waals surface area contributed by atoms with Crippen molar-refractivity contribution in [2.24, 2.45) is 0 Å². The summed E-state index contributed by atoms with van der Waals surface area (Å²) in [4.78, 5) is 35.1. The maximum absolute atomic E-state index is 12.5. The summed E-state index contributed by atoms with van der Waals surface area (Å²) >= 11 is 2.99. The van der Waals surface area contributed by atoms with Gasteiger partial charge in [-0.1, -0.05) is 0 Å². The van der Waals surface area contributed by atoms with Gasteiger partial charge >= 0.3 is 0 Å². The van der Waals surface area contributed by atoms with Gasteiger partial charge in [0.25, 0.3) is 5.91 Å². The van der Waals surface area contributed by atoms with Crippen molar-refractivity contribution in [3.8, 4) is 0 Å². The quantitative estimate of drug-likeness (QED) is 0.800. The van der Waals surface area contributed by atoms with Crippen molar-refractivity contribution in [3.05, 3.63) is 32.5 Å². The maximum Gasteiger partial charge on any atom is 0.264 e. The molecule has 3 rings (SSSR count). The van der Waals surface area contributed by atoms with Gasteiger partial charge in [0, 0.05) is 31.1 Å². The number of rotatable bonds is 3. The van der Waals surface area contributed by atoms with Crippen molar-refractivity contribution in [2.75, 3.05) is 31.1 Å². The van der Waals surface area contributed by atoms with E-state index in [1.165, 1.54) is 23.1 Å². The molecule has 1 aliphatic rings. The summed E-state index contributed by atoms with van der Waals surface area (Å²) in [6.45, 7) is 8.59. The number of anilines is 1. The summed E-state index contributed by atoms with van der Waals surface area (Å²) in [7, 11) is 0. The second-order valence-electron chi connectivity index (χ2n) is 5.64. The lowest BCUT2D eigenvalue weighted by molar-refractivity contribution is 0.0751. The van der Waals surface area contributed by atoms with Gasteiger partial charge in [-0.05, 0) is 32.9 Å². The van der Waals surface area contributed by atoms with Gasteiger partial charge in [-0.25, -0.2) is 4.98 Å². The van der Waals surface area contributed by atoms with Crippen molar-refractivity contribution in [3.63, 3.8) is 0 Å². The molecule has 1 saturated heterocycles. The molecule has 0 radical (unpaired) electrons. The molecule has 7 heteroatoms. The van der Waals surface area contributed by atoms with Gasteiger partial charge in [0.05, 0.1) is 15.4 Å². The number of ketones is 1. The van der Waals surface area contributed by atoms with Gasteiger partial charge in [-0.3, -0.25) is 9.59 Å². The molecule has 3 heterocycles. The van der Waals surface area contributed by atoms with E-state index in [-0.39, 0.29) is 11.7 Å². The number of aryl methyl sites for hydroxylation is 2. The first-order valence-corrected chi connectivity index (χ1v) is 9.18. The minimum absolute atomic E-state index is 0.00776. The zero-order valence-electron chi connectivity index (χ0n) is 13.5. The van der Waals surface area contributed by atoms with Gasteiger partial charge in [-0.15, -0.1) is 22.7 Å². The second-order valence-corrected chi connectivity index (χ2v) is 7.90. The van der Waals surface area contributed by atoms with E-state index in [0.29, 0.717) is 22.8 Å². The number of hydrogen-bond donors (Lipinski definition) is 0. The predicted octanol–water partition coefficient (Wildman–Crippen LogP) is 2.99. The summed E-state index contributed by atoms with van der Waals surface area (Å²) in [5, 5.41) is 1.04. The van der Waals surface area contributed by atoms with E-state index in [2.05, 4.69) is 16.8 Å². The van der Waals surface area contributed by atoms with Crippen LogP contribution in [-0.2, 0) is 0 Å². The van der Waals surface area contributed by atoms with Crippen LogP contribution in [-0.4, -0.2) is 47.8 Å². The normalized spacial score (nSPS) is 15.1. The summed E-state index contributed by atoms with van der Waals surface area (Å²) < 4.78 is 0. The molecule has 0 spiro atoms. The molecular weight excluding hydrogens is 330 g/mol. The topological polar surface area (TPSA) is 53.5 Å². The molecule has 1 aliphatic heterocycles. The first-order chi connectivity index (χ1) is 11.0. The lowest BCUT2D eigenvalue weighted by Gasteiger charge is -2.34. The van der Waals surface area contributed by atoms with E-state index >= 15 is 0 Å². The third kappa shape index (κ3) is 3.30. The second kappa shape index (κ2) is 6.41. The Bertz CT molecular complexity index is 723. The van der Waals surface area contributed by atoms with Gasteiger partial charge in [0.15, 0.2) is 10.9 Å². The molecular formula is C16H19N3O2S2. The Balaban J connectivity index is 1.63. The highest BCUT2D eigenvalue weighted by atomic mass is 32.1. The van der Waals surface area contributed by atoms with Crippen molar-refractivity contribution in [2.45, 2.75) is 20.8 Å². The standard InChI is InChI=1S/C16H19N3O2S2/c1-10-12(3)22-16(17-10)19-8-6-18(7-9-19)15(21)14-5-4-13(23-14)11(2)20/h4-5H,6-9H2,1-3H3. The molecule has 0 saturated carbocycles. The van der Waals surface area contributed by atoms with Crippen LogP contribution >= 0.6 is 22.7 Å². The maximum atomic E-state index is 12.5. The lowest BCUT2D eigenvalue weighted by atomic mass is 10.3. The molecule has 23 heavy (non-hydrogen) atoms. The van der Waals surface area contributed by atoms with Crippen LogP contribution in [0.5, 0.6) is 0 Å². The molecule has 0 aromatic carbocycles. The molecule has 1 amide bonds. The van der Waals surface area contributed by atoms with Crippen LogP contribution < -0.4 is 4.90 Å². The number of thiazole rings is 1. The summed E-state index contributed by atoms with van der Waals surface area (Å²) in [5.41, 5.74) is 1.08. The third-order valence-corrected chi connectivity index (χ3v) is 6.33. The first-order valence-electron chi connectivity index (χ1n) is 7.54. The summed E-state index contributed by atoms with van der Waals surface area (Å²) in [5.74, 6) is 0.0297. The van der Waals surface area contributed by atoms with Crippen LogP contribution in [0, 0.1) is 13.8 Å². The van der Waals surface area contributed by atoms with Crippen molar-refractivity contribution < 1.29 is 9.59 Å². The fourth-order valence-corrected chi connectivity index (χ4v) is 4.32. The molecule has 0 unspecified atom stereocenters. The van der Waals surface area contributed by atoms with E-state index in [0.717, 1.165) is 23.9 Å². The van der Waals surface area contributed by atoms with E-state index < -0.39 is 0 Å². The molecule has 0 atom stereocenters. The zero-order valence-corrected chi connectivity index (χ0v) is 15.1. The Labute approximate surface area is 143 Å². The largest absolute Gasteiger partial charge is 0.345 e. The number of nitrogens with zero attached hydrogens (tertiary/aromatic N) is 3. The SMILES string of the molecule is CC(=O)c1ccc(C(=O)N2CCN(c3nc(C)c(C)s3)CC2)s1. The van der Waals surface area contributed by atoms with E-state index in [4.69, 9.17) is 0 Å². The molecule has 2 aromatic heterocycles. The van der Waals surface area contributed by atoms with E-state index in [9.17, 15) is 9.59 Å². The number of Topliss-reactive ketones (excluding diaryl/α,β-unsaturated/α-hetero) is 1. The molecule has 0 aliphatic carbocycles. The van der Waals surface area contributed by atoms with Crippen molar-refractivity contribution >= 4 is 39.5 Å². The fraction of sp³-hybridized carbons (Fsp3) is 0.438. The highest BCUT2D eigenvalue weighted by Gasteiger charge is 2.25. The van der Waals surface area contributed by atoms with Crippen LogP contribution in [0.3, 0.4) is 0 Å². The third-order valence-electron chi connectivity index (χ3n) is 4.02. The van der Waals surface area contributed by atoms with Crippen LogP contribution in [0.4, 0.5) is 5.13 Å². The number of carbonyl (C=O) groups is 2. The number of carbonyl (C=O) groups excluding carboxylic acids is 2. The van der Waals surface area contributed by atoms with Gasteiger partial charge in [0.2, 0.25) is 0 Å². The molecule has 1 fully saturated rings. The first kappa shape index (κ1) is 16.1. The van der Waals surface area contributed by atoms with Crippen LogP contribution in [0.1, 0.15) is 36.8 Å². The highest BCUT2D eigenvalue weighted by Crippen LogP contribution is 2.26. The van der Waals surface area contributed by atoms with Crippen LogP contribution in [0.2, 0.25) is 0 Å². The number of amides is 1. The molecule has 0 bridgehead atoms. The fourth-order valence-electron chi connectivity index (χ4n) is 2.49. The Hall–Kier alpha value is -1.73. The predicted molar refractivity (Wildman–Crippen MR) is 94.0 cm³/mol. The average Bonchev–Trinajstić information content (AvgIpc) is 3.15. The van der Waals surface area contributed by atoms with Gasteiger partial charge in [0.1, 0.15) is 0 Å². The Morgan fingerprint density at radius 2 is 1.70 bits per heavy atom. The van der Waals surface area contributed by atoms with Gasteiger partial charge in [-0.2, -0.15) is 0 Å². The van der Waals surface area contributed by atoms with Crippen molar-refractivity contribution in [1.29, 1.82) is 0 Å². The molecule has 0 N–H and O–H groups in total. The Morgan fingerprint density at radius 3 is 2.22 bits per heavy atom. The van der Waals surface area contributed by atoms with Crippen LogP contribution in [0.15, 0.2) is 12.1 Å².